The molecule has 8 heteroatoms. The van der Waals surface area contributed by atoms with Crippen molar-refractivity contribution in [1.82, 2.24) is 10.3 Å². The van der Waals surface area contributed by atoms with E-state index in [1.807, 2.05) is 6.92 Å². The van der Waals surface area contributed by atoms with E-state index >= 15 is 0 Å². The van der Waals surface area contributed by atoms with E-state index in [9.17, 15) is 13.2 Å². The summed E-state index contributed by atoms with van der Waals surface area (Å²) in [5.74, 6) is 0.162. The van der Waals surface area contributed by atoms with Gasteiger partial charge in [0, 0.05) is 12.1 Å². The molecule has 0 saturated heterocycles. The van der Waals surface area contributed by atoms with Gasteiger partial charge >= 0.3 is 0 Å². The van der Waals surface area contributed by atoms with Crippen LogP contribution in [0.15, 0.2) is 34.9 Å². The first-order valence-corrected chi connectivity index (χ1v) is 9.67. The van der Waals surface area contributed by atoms with Crippen molar-refractivity contribution >= 4 is 15.7 Å². The first-order chi connectivity index (χ1) is 11.9. The molecular weight excluding hydrogens is 344 g/mol. The predicted molar refractivity (Wildman–Crippen MR) is 93.9 cm³/mol. The summed E-state index contributed by atoms with van der Waals surface area (Å²) in [7, 11) is -2.11. The summed E-state index contributed by atoms with van der Waals surface area (Å²) < 4.78 is 35.2. The number of hydrogen-bond acceptors (Lipinski definition) is 6. The van der Waals surface area contributed by atoms with E-state index < -0.39 is 21.0 Å². The van der Waals surface area contributed by atoms with Crippen LogP contribution in [-0.2, 0) is 20.4 Å². The molecule has 0 fully saturated rings. The molecule has 1 unspecified atom stereocenters. The number of benzene rings is 1. The Balaban J connectivity index is 2.09. The summed E-state index contributed by atoms with van der Waals surface area (Å²) in [5.41, 5.74) is 0.971. The first-order valence-electron chi connectivity index (χ1n) is 7.95. The van der Waals surface area contributed by atoms with Gasteiger partial charge in [-0.3, -0.25) is 4.79 Å². The Morgan fingerprint density at radius 3 is 2.60 bits per heavy atom. The minimum atomic E-state index is -3.68. The second kappa shape index (κ2) is 8.15. The van der Waals surface area contributed by atoms with E-state index in [0.29, 0.717) is 23.7 Å². The number of hydrogen-bond donors (Lipinski definition) is 1. The number of carbonyl (C=O) groups excluding carboxylic acids is 1. The number of nitrogens with one attached hydrogen (secondary N) is 1. The normalized spacial score (nSPS) is 12.6. The molecule has 25 heavy (non-hydrogen) atoms. The molecule has 0 spiro atoms. The van der Waals surface area contributed by atoms with Crippen molar-refractivity contribution in [3.8, 4) is 17.2 Å². The molecule has 0 aliphatic carbocycles. The molecule has 1 amide bonds. The van der Waals surface area contributed by atoms with Gasteiger partial charge in [0.25, 0.3) is 0 Å². The molecule has 0 bridgehead atoms. The number of nitrogens with zero attached hydrogens (tertiary/aromatic N) is 1. The van der Waals surface area contributed by atoms with Crippen LogP contribution in [0.3, 0.4) is 0 Å². The quantitative estimate of drug-likeness (QED) is 0.769. The highest BCUT2D eigenvalue weighted by atomic mass is 32.2. The number of ether oxygens (including phenoxy) is 1. The van der Waals surface area contributed by atoms with Crippen molar-refractivity contribution < 1.29 is 22.4 Å². The van der Waals surface area contributed by atoms with Gasteiger partial charge in [-0.2, -0.15) is 0 Å². The monoisotopic (exact) mass is 366 g/mol. The fourth-order valence-electron chi connectivity index (χ4n) is 2.13. The summed E-state index contributed by atoms with van der Waals surface area (Å²) in [5, 5.41) is 1.45. The molecule has 0 saturated carbocycles. The lowest BCUT2D eigenvalue weighted by atomic mass is 10.2. The molecule has 136 valence electrons. The van der Waals surface area contributed by atoms with Crippen molar-refractivity contribution in [1.29, 1.82) is 0 Å². The van der Waals surface area contributed by atoms with Gasteiger partial charge in [-0.15, -0.1) is 0 Å². The number of carbonyl (C=O) groups is 1. The molecule has 1 aromatic heterocycles. The lowest BCUT2D eigenvalue weighted by Gasteiger charge is -2.11. The van der Waals surface area contributed by atoms with Crippen LogP contribution in [-0.4, -0.2) is 38.2 Å². The fourth-order valence-corrected chi connectivity index (χ4v) is 3.33. The molecule has 1 N–H and O–H groups in total. The van der Waals surface area contributed by atoms with Crippen LogP contribution in [0.1, 0.15) is 26.0 Å². The Morgan fingerprint density at radius 1 is 1.32 bits per heavy atom. The molecule has 1 atom stereocenters. The Kier molecular flexibility index (Phi) is 6.19. The SMILES string of the molecule is CCCNC(=O)C(C)S(=O)(=O)Cc1coc(-c2ccc(OC)cc2)n1. The van der Waals surface area contributed by atoms with Crippen LogP contribution in [0.4, 0.5) is 0 Å². The zero-order valence-corrected chi connectivity index (χ0v) is 15.3. The minimum Gasteiger partial charge on any atom is -0.497 e. The number of sulfone groups is 1. The second-order valence-corrected chi connectivity index (χ2v) is 7.93. The molecular formula is C17H22N2O5S. The van der Waals surface area contributed by atoms with E-state index in [4.69, 9.17) is 9.15 Å². The lowest BCUT2D eigenvalue weighted by molar-refractivity contribution is -0.120. The minimum absolute atomic E-state index is 0.265. The summed E-state index contributed by atoms with van der Waals surface area (Å²) in [6.07, 6.45) is 2.04. The van der Waals surface area contributed by atoms with Gasteiger partial charge in [-0.05, 0) is 37.6 Å². The average molecular weight is 366 g/mol. The van der Waals surface area contributed by atoms with Gasteiger partial charge < -0.3 is 14.5 Å². The van der Waals surface area contributed by atoms with Gasteiger partial charge in [0.15, 0.2) is 9.84 Å². The zero-order valence-electron chi connectivity index (χ0n) is 14.5. The van der Waals surface area contributed by atoms with E-state index in [2.05, 4.69) is 10.3 Å². The van der Waals surface area contributed by atoms with E-state index in [-0.39, 0.29) is 11.4 Å². The summed E-state index contributed by atoms with van der Waals surface area (Å²) in [4.78, 5) is 16.1. The van der Waals surface area contributed by atoms with Crippen LogP contribution in [0.25, 0.3) is 11.5 Å². The molecule has 1 aromatic carbocycles. The standard InChI is InChI=1S/C17H22N2O5S/c1-4-9-18-16(20)12(2)25(21,22)11-14-10-24-17(19-14)13-5-7-15(23-3)8-6-13/h5-8,10,12H,4,9,11H2,1-3H3,(H,18,20). The molecule has 2 aromatic rings. The van der Waals surface area contributed by atoms with E-state index in [0.717, 1.165) is 6.42 Å². The number of oxazole rings is 1. The molecule has 7 nitrogen and oxygen atoms in total. The van der Waals surface area contributed by atoms with Gasteiger partial charge in [-0.25, -0.2) is 13.4 Å². The third-order valence-electron chi connectivity index (χ3n) is 3.69. The van der Waals surface area contributed by atoms with Crippen molar-refractivity contribution in [3.05, 3.63) is 36.2 Å². The largest absolute Gasteiger partial charge is 0.497 e. The Bertz CT molecular complexity index is 812. The first kappa shape index (κ1) is 19.0. The maximum absolute atomic E-state index is 12.4. The van der Waals surface area contributed by atoms with E-state index in [1.165, 1.54) is 13.2 Å². The molecule has 0 aliphatic heterocycles. The smallest absolute Gasteiger partial charge is 0.238 e. The van der Waals surface area contributed by atoms with Crippen LogP contribution in [0.2, 0.25) is 0 Å². The fraction of sp³-hybridized carbons (Fsp3) is 0.412. The summed E-state index contributed by atoms with van der Waals surface area (Å²) in [6, 6.07) is 7.06. The van der Waals surface area contributed by atoms with Gasteiger partial charge in [0.05, 0.1) is 18.6 Å². The van der Waals surface area contributed by atoms with Crippen molar-refractivity contribution in [3.63, 3.8) is 0 Å². The highest BCUT2D eigenvalue weighted by Crippen LogP contribution is 2.22. The molecule has 1 heterocycles. The molecule has 0 radical (unpaired) electrons. The topological polar surface area (TPSA) is 98.5 Å². The Labute approximate surface area is 147 Å². The number of rotatable bonds is 8. The maximum Gasteiger partial charge on any atom is 0.238 e. The van der Waals surface area contributed by atoms with Gasteiger partial charge in [0.1, 0.15) is 17.3 Å². The van der Waals surface area contributed by atoms with Gasteiger partial charge in [0.2, 0.25) is 11.8 Å². The number of aromatic nitrogens is 1. The highest BCUT2D eigenvalue weighted by molar-refractivity contribution is 7.92. The zero-order chi connectivity index (χ0) is 18.4. The van der Waals surface area contributed by atoms with Gasteiger partial charge in [-0.1, -0.05) is 6.92 Å². The van der Waals surface area contributed by atoms with Crippen LogP contribution in [0, 0.1) is 0 Å². The lowest BCUT2D eigenvalue weighted by Crippen LogP contribution is -2.38. The third-order valence-corrected chi connectivity index (χ3v) is 5.68. The van der Waals surface area contributed by atoms with Crippen molar-refractivity contribution in [2.75, 3.05) is 13.7 Å². The van der Waals surface area contributed by atoms with Crippen LogP contribution >= 0.6 is 0 Å². The van der Waals surface area contributed by atoms with Crippen LogP contribution < -0.4 is 10.1 Å². The Morgan fingerprint density at radius 2 is 2.00 bits per heavy atom. The van der Waals surface area contributed by atoms with Crippen molar-refractivity contribution in [2.45, 2.75) is 31.3 Å². The van der Waals surface area contributed by atoms with E-state index in [1.54, 1.807) is 31.4 Å². The summed E-state index contributed by atoms with van der Waals surface area (Å²) >= 11 is 0. The number of methoxy groups -OCH3 is 1. The second-order valence-electron chi connectivity index (χ2n) is 5.61. The average Bonchev–Trinajstić information content (AvgIpc) is 3.06. The van der Waals surface area contributed by atoms with Crippen LogP contribution in [0.5, 0.6) is 5.75 Å². The Hall–Kier alpha value is -2.35. The number of amides is 1. The summed E-state index contributed by atoms with van der Waals surface area (Å²) in [6.45, 7) is 3.73. The highest BCUT2D eigenvalue weighted by Gasteiger charge is 2.29. The molecule has 0 aliphatic rings. The maximum atomic E-state index is 12.4. The third kappa shape index (κ3) is 4.82. The predicted octanol–water partition coefficient (Wildman–Crippen LogP) is 2.18. The van der Waals surface area contributed by atoms with Crippen molar-refractivity contribution in [2.24, 2.45) is 0 Å². The molecule has 2 rings (SSSR count).